The Balaban J connectivity index is 0.842. The van der Waals surface area contributed by atoms with Crippen molar-refractivity contribution in [2.75, 3.05) is 40.8 Å². The zero-order valence-electron chi connectivity index (χ0n) is 39.9. The van der Waals surface area contributed by atoms with Crippen molar-refractivity contribution in [2.45, 2.75) is 84.2 Å². The van der Waals surface area contributed by atoms with Crippen molar-refractivity contribution in [3.63, 3.8) is 0 Å². The first kappa shape index (κ1) is 46.1. The van der Waals surface area contributed by atoms with E-state index in [1.165, 1.54) is 19.3 Å². The van der Waals surface area contributed by atoms with E-state index in [-0.39, 0.29) is 49.7 Å². The summed E-state index contributed by atoms with van der Waals surface area (Å²) < 4.78 is 20.7. The molecule has 20 heteroatoms. The second-order valence-electron chi connectivity index (χ2n) is 19.0. The molecule has 4 aliphatic heterocycles. The van der Waals surface area contributed by atoms with Gasteiger partial charge in [0.15, 0.2) is 11.5 Å². The number of carbonyl (C=O) groups is 5. The topological polar surface area (TPSA) is 226 Å². The van der Waals surface area contributed by atoms with E-state index in [1.54, 1.807) is 20.9 Å². The average molecular weight is 957 g/mol. The molecule has 0 radical (unpaired) electrons. The van der Waals surface area contributed by atoms with Crippen LogP contribution in [-0.2, 0) is 43.4 Å². The van der Waals surface area contributed by atoms with Crippen molar-refractivity contribution >= 4 is 30.1 Å². The molecule has 5 aliphatic rings. The molecular formula is C50H56N10O10. The van der Waals surface area contributed by atoms with E-state index in [9.17, 15) is 24.0 Å². The molecule has 4 atom stereocenters. The summed E-state index contributed by atoms with van der Waals surface area (Å²) in [6, 6.07) is 13.9. The number of imidazole rings is 2. The summed E-state index contributed by atoms with van der Waals surface area (Å²) in [6.07, 6.45) is 3.87. The number of hydrogen-bond donors (Lipinski definition) is 4. The Morgan fingerprint density at radius 2 is 1.23 bits per heavy atom. The first-order valence-electron chi connectivity index (χ1n) is 23.6. The van der Waals surface area contributed by atoms with Gasteiger partial charge in [-0.15, -0.1) is 5.06 Å². The van der Waals surface area contributed by atoms with E-state index >= 15 is 0 Å². The number of benzene rings is 3. The Morgan fingerprint density at radius 3 is 1.76 bits per heavy atom. The minimum absolute atomic E-state index is 0.0688. The van der Waals surface area contributed by atoms with Crippen LogP contribution in [0.5, 0.6) is 11.5 Å². The van der Waals surface area contributed by atoms with Crippen molar-refractivity contribution in [3.8, 4) is 45.1 Å². The molecule has 0 bridgehead atoms. The number of likely N-dealkylation sites (tertiary alicyclic amines) is 1. The molecule has 6 heterocycles. The van der Waals surface area contributed by atoms with Crippen molar-refractivity contribution in [3.05, 3.63) is 94.8 Å². The molecule has 0 saturated carbocycles. The van der Waals surface area contributed by atoms with E-state index in [2.05, 4.69) is 50.9 Å². The lowest BCUT2D eigenvalue weighted by Gasteiger charge is -2.30. The summed E-state index contributed by atoms with van der Waals surface area (Å²) >= 11 is 0. The third kappa shape index (κ3) is 8.71. The molecule has 70 heavy (non-hydrogen) atoms. The standard InChI is InChI=1S/C50H56N10O10/c1-26(2)42(55-48(63)66-5)46(61)59-13-7-8-38(59)44-51-19-36(53-44)28-9-11-34-30(14-28)16-31-15-29(10-12-35(31)34)37-20-52-45(54-37)39-23-58(24-60(39)47(62)43(27(3)4)56-49(64)67-6)70-50(65)57-21-32-17-40-41(69-25-68-40)18-33(32)22-57/h9-12,14-15,17-20,26-27,38-39,42-43H,7-8,13,16,21-25H2,1-6H3,(H,51,53)(H,52,54)(H,55,63)(H,56,64)/t38-,39?,42-,43-/m0/s1. The zero-order chi connectivity index (χ0) is 49.0. The number of aromatic nitrogens is 4. The number of fused-ring (bicyclic) bond motifs is 5. The predicted molar refractivity (Wildman–Crippen MR) is 251 cm³/mol. The molecule has 1 unspecified atom stereocenters. The van der Waals surface area contributed by atoms with Gasteiger partial charge in [-0.25, -0.2) is 24.4 Å². The highest BCUT2D eigenvalue weighted by atomic mass is 16.7. The number of aromatic amines is 2. The number of ether oxygens (including phenoxy) is 4. The smallest absolute Gasteiger partial charge is 0.429 e. The normalized spacial score (nSPS) is 18.7. The molecule has 5 aromatic rings. The summed E-state index contributed by atoms with van der Waals surface area (Å²) in [4.78, 5) is 93.5. The lowest BCUT2D eigenvalue weighted by Crippen LogP contribution is -2.51. The maximum atomic E-state index is 14.3. The molecule has 5 amide bonds. The molecule has 2 aromatic heterocycles. The van der Waals surface area contributed by atoms with E-state index < -0.39 is 36.4 Å². The highest BCUT2D eigenvalue weighted by molar-refractivity contribution is 5.88. The lowest BCUT2D eigenvalue weighted by molar-refractivity contribution is -0.141. The second kappa shape index (κ2) is 18.7. The summed E-state index contributed by atoms with van der Waals surface area (Å²) in [5.41, 5.74) is 9.92. The molecule has 4 N–H and O–H groups in total. The number of amides is 5. The van der Waals surface area contributed by atoms with Crippen LogP contribution in [0.2, 0.25) is 0 Å². The SMILES string of the molecule is COC(=O)N[C@H](C(=O)N1CN(OC(=O)N2Cc3cc4c(cc3C2)OCO4)CC1c1ncc(-c2ccc3c(c2)Cc2cc(-c4cnc([C@@H]5CCCN5C(=O)[C@@H](NC(=O)OC)C(C)C)[nH]4)ccc2-3)[nH]1)C(C)C. The van der Waals surface area contributed by atoms with Gasteiger partial charge in [0.1, 0.15) is 36.4 Å². The van der Waals surface area contributed by atoms with Gasteiger partial charge in [-0.05, 0) is 99.9 Å². The Morgan fingerprint density at radius 1 is 0.700 bits per heavy atom. The maximum absolute atomic E-state index is 14.3. The van der Waals surface area contributed by atoms with Crippen LogP contribution in [0.25, 0.3) is 33.6 Å². The van der Waals surface area contributed by atoms with Gasteiger partial charge in [-0.2, -0.15) is 0 Å². The Bertz CT molecular complexity index is 2840. The number of nitrogens with zero attached hydrogens (tertiary/aromatic N) is 6. The van der Waals surface area contributed by atoms with Crippen LogP contribution in [-0.4, -0.2) is 123 Å². The van der Waals surface area contributed by atoms with Gasteiger partial charge in [0.25, 0.3) is 0 Å². The highest BCUT2D eigenvalue weighted by Gasteiger charge is 2.43. The lowest BCUT2D eigenvalue weighted by atomic mass is 10.0. The van der Waals surface area contributed by atoms with Crippen molar-refractivity contribution < 1.29 is 47.8 Å². The minimum atomic E-state index is -0.928. The van der Waals surface area contributed by atoms with Crippen LogP contribution < -0.4 is 20.1 Å². The molecule has 10 rings (SSSR count). The molecule has 0 spiro atoms. The molecule has 2 saturated heterocycles. The monoisotopic (exact) mass is 956 g/mol. The molecule has 1 aliphatic carbocycles. The summed E-state index contributed by atoms with van der Waals surface area (Å²) in [5, 5.41) is 6.83. The van der Waals surface area contributed by atoms with Crippen molar-refractivity contribution in [1.29, 1.82) is 0 Å². The van der Waals surface area contributed by atoms with Gasteiger partial charge in [0.2, 0.25) is 18.6 Å². The van der Waals surface area contributed by atoms with Gasteiger partial charge < -0.3 is 54.2 Å². The highest BCUT2D eigenvalue weighted by Crippen LogP contribution is 2.42. The minimum Gasteiger partial charge on any atom is -0.454 e. The number of alkyl carbamates (subject to hydrolysis) is 2. The molecular weight excluding hydrogens is 901 g/mol. The van der Waals surface area contributed by atoms with Crippen LogP contribution in [0.4, 0.5) is 14.4 Å². The van der Waals surface area contributed by atoms with Gasteiger partial charge in [-0.1, -0.05) is 52.0 Å². The molecule has 366 valence electrons. The largest absolute Gasteiger partial charge is 0.454 e. The molecule has 3 aromatic carbocycles. The fraction of sp³-hybridized carbons (Fsp3) is 0.420. The quantitative estimate of drug-likeness (QED) is 0.110. The Labute approximate surface area is 403 Å². The number of methoxy groups -OCH3 is 2. The van der Waals surface area contributed by atoms with Crippen LogP contribution in [0.15, 0.2) is 60.9 Å². The van der Waals surface area contributed by atoms with Crippen LogP contribution >= 0.6 is 0 Å². The number of hydroxylamine groups is 2. The summed E-state index contributed by atoms with van der Waals surface area (Å²) in [7, 11) is 2.53. The number of H-pyrrole nitrogens is 2. The van der Waals surface area contributed by atoms with Gasteiger partial charge in [0, 0.05) is 19.6 Å². The van der Waals surface area contributed by atoms with E-state index in [0.717, 1.165) is 68.7 Å². The fourth-order valence-electron chi connectivity index (χ4n) is 10.1. The van der Waals surface area contributed by atoms with Gasteiger partial charge in [-0.3, -0.25) is 14.5 Å². The van der Waals surface area contributed by atoms with Crippen molar-refractivity contribution in [1.82, 2.24) is 50.3 Å². The van der Waals surface area contributed by atoms with E-state index in [1.807, 2.05) is 52.1 Å². The number of hydrogen-bond acceptors (Lipinski definition) is 13. The van der Waals surface area contributed by atoms with Gasteiger partial charge >= 0.3 is 18.3 Å². The second-order valence-corrected chi connectivity index (χ2v) is 19.0. The zero-order valence-corrected chi connectivity index (χ0v) is 39.9. The van der Waals surface area contributed by atoms with E-state index in [4.69, 9.17) is 33.8 Å². The number of rotatable bonds is 11. The van der Waals surface area contributed by atoms with Crippen LogP contribution in [0, 0.1) is 11.8 Å². The summed E-state index contributed by atoms with van der Waals surface area (Å²) in [5.74, 6) is 1.50. The maximum Gasteiger partial charge on any atom is 0.429 e. The number of nitrogens with one attached hydrogen (secondary N) is 4. The third-order valence-electron chi connectivity index (χ3n) is 13.9. The first-order valence-corrected chi connectivity index (χ1v) is 23.6. The number of carbonyl (C=O) groups excluding carboxylic acids is 5. The molecule has 20 nitrogen and oxygen atoms in total. The van der Waals surface area contributed by atoms with Crippen LogP contribution in [0.3, 0.4) is 0 Å². The Hall–Kier alpha value is -7.61. The third-order valence-corrected chi connectivity index (χ3v) is 13.9. The average Bonchev–Trinajstić information content (AvgIpc) is 4.21. The Kier molecular flexibility index (Phi) is 12.3. The fourth-order valence-corrected chi connectivity index (χ4v) is 10.1. The predicted octanol–water partition coefficient (Wildman–Crippen LogP) is 6.40. The van der Waals surface area contributed by atoms with Crippen LogP contribution in [0.1, 0.15) is 86.5 Å². The van der Waals surface area contributed by atoms with Crippen molar-refractivity contribution in [2.24, 2.45) is 11.8 Å². The van der Waals surface area contributed by atoms with E-state index in [0.29, 0.717) is 49.2 Å². The van der Waals surface area contributed by atoms with Gasteiger partial charge in [0.05, 0.1) is 50.6 Å². The summed E-state index contributed by atoms with van der Waals surface area (Å²) in [6.45, 7) is 8.88. The first-order chi connectivity index (χ1) is 33.8. The molecule has 2 fully saturated rings.